The second kappa shape index (κ2) is 12.3. The Labute approximate surface area is 246 Å². The van der Waals surface area contributed by atoms with Crippen molar-refractivity contribution >= 4 is 18.1 Å². The van der Waals surface area contributed by atoms with Gasteiger partial charge in [0.15, 0.2) is 17.9 Å². The van der Waals surface area contributed by atoms with Crippen LogP contribution in [0, 0.1) is 31.0 Å². The maximum atomic E-state index is 13.6. The highest BCUT2D eigenvalue weighted by Crippen LogP contribution is 2.45. The predicted molar refractivity (Wildman–Crippen MR) is 160 cm³/mol. The molecule has 42 heavy (non-hydrogen) atoms. The molecule has 1 spiro atoms. The summed E-state index contributed by atoms with van der Waals surface area (Å²) in [4.78, 5) is 34.1. The third-order valence-corrected chi connectivity index (χ3v) is 9.36. The van der Waals surface area contributed by atoms with Gasteiger partial charge in [0.2, 0.25) is 5.95 Å². The number of nitrogens with zero attached hydrogens (tertiary/aromatic N) is 6. The second-order valence-electron chi connectivity index (χ2n) is 12.4. The highest BCUT2D eigenvalue weighted by Gasteiger charge is 2.39. The van der Waals surface area contributed by atoms with Crippen molar-refractivity contribution in [2.45, 2.75) is 64.8 Å². The van der Waals surface area contributed by atoms with Crippen molar-refractivity contribution in [2.24, 2.45) is 11.3 Å². The molecule has 0 amide bonds. The second-order valence-corrected chi connectivity index (χ2v) is 12.4. The van der Waals surface area contributed by atoms with Crippen molar-refractivity contribution < 1.29 is 13.9 Å². The molecule has 1 saturated carbocycles. The highest BCUT2D eigenvalue weighted by atomic mass is 19.1. The number of hydrogen-bond donors (Lipinski definition) is 1. The molecule has 1 N–H and O–H groups in total. The smallest absolute Gasteiger partial charge is 0.223 e. The van der Waals surface area contributed by atoms with E-state index < -0.39 is 5.82 Å². The zero-order valence-electron chi connectivity index (χ0n) is 24.6. The molecule has 1 unspecified atom stereocenters. The van der Waals surface area contributed by atoms with Crippen molar-refractivity contribution in [3.05, 3.63) is 59.6 Å². The first-order chi connectivity index (χ1) is 20.4. The van der Waals surface area contributed by atoms with Crippen LogP contribution in [0.15, 0.2) is 36.8 Å². The fraction of sp³-hybridized carbons (Fsp3) is 0.531. The molecular weight excluding hydrogens is 533 g/mol. The van der Waals surface area contributed by atoms with E-state index in [1.54, 1.807) is 6.20 Å². The Morgan fingerprint density at radius 1 is 1.02 bits per heavy atom. The molecule has 1 atom stereocenters. The third-order valence-electron chi connectivity index (χ3n) is 9.36. The molecular formula is C32H40FN7O2. The Kier molecular flexibility index (Phi) is 8.33. The van der Waals surface area contributed by atoms with Gasteiger partial charge in [0.25, 0.3) is 0 Å². The number of carbonyl (C=O) groups is 1. The summed E-state index contributed by atoms with van der Waals surface area (Å²) in [6.07, 6.45) is 12.3. The Morgan fingerprint density at radius 2 is 1.79 bits per heavy atom. The van der Waals surface area contributed by atoms with E-state index in [-0.39, 0.29) is 5.56 Å². The minimum absolute atomic E-state index is 0.159. The van der Waals surface area contributed by atoms with E-state index in [1.807, 2.05) is 19.9 Å². The van der Waals surface area contributed by atoms with Crippen LogP contribution in [0.2, 0.25) is 0 Å². The zero-order chi connectivity index (χ0) is 29.1. The molecule has 222 valence electrons. The molecule has 3 aromatic rings. The van der Waals surface area contributed by atoms with Crippen molar-refractivity contribution in [2.75, 3.05) is 42.9 Å². The van der Waals surface area contributed by atoms with Gasteiger partial charge in [-0.1, -0.05) is 0 Å². The van der Waals surface area contributed by atoms with E-state index in [1.165, 1.54) is 63.1 Å². The third kappa shape index (κ3) is 6.53. The van der Waals surface area contributed by atoms with Crippen molar-refractivity contribution in [3.63, 3.8) is 0 Å². The Hall–Kier alpha value is -3.66. The maximum Gasteiger partial charge on any atom is 0.223 e. The number of hydrogen-bond acceptors (Lipinski definition) is 9. The number of ether oxygens (including phenoxy) is 1. The summed E-state index contributed by atoms with van der Waals surface area (Å²) >= 11 is 0. The van der Waals surface area contributed by atoms with Crippen LogP contribution in [-0.4, -0.2) is 69.9 Å². The fourth-order valence-corrected chi connectivity index (χ4v) is 7.04. The van der Waals surface area contributed by atoms with Crippen LogP contribution in [0.4, 0.5) is 16.2 Å². The molecule has 3 aliphatic rings. The summed E-state index contributed by atoms with van der Waals surface area (Å²) in [5.74, 6) is 2.33. The molecule has 0 radical (unpaired) electrons. The van der Waals surface area contributed by atoms with Gasteiger partial charge in [0.05, 0.1) is 11.8 Å². The number of aromatic nitrogens is 4. The van der Waals surface area contributed by atoms with Crippen LogP contribution < -0.4 is 15.0 Å². The number of likely N-dealkylation sites (tertiary alicyclic amines) is 1. The Morgan fingerprint density at radius 3 is 2.52 bits per heavy atom. The molecule has 0 bridgehead atoms. The van der Waals surface area contributed by atoms with E-state index in [2.05, 4.69) is 35.1 Å². The standard InChI is InChI=1S/C32H40FN7O2/c1-22-15-23(2)37-31(36-22)38-27-5-8-32(9-6-27)10-13-39(14-11-32)18-24-7-12-40(19-24)30-29(17-34-21-35-30)42-28-4-3-26(33)16-25(28)20-41/h3-4,15-17,20-21,24,27H,5-14,18-19H2,1-2H3,(H,36,37,38). The Balaban J connectivity index is 0.989. The number of nitrogens with one attached hydrogen (secondary N) is 1. The van der Waals surface area contributed by atoms with Gasteiger partial charge in [-0.3, -0.25) is 4.79 Å². The summed E-state index contributed by atoms with van der Waals surface area (Å²) in [5.41, 5.74) is 2.67. The minimum Gasteiger partial charge on any atom is -0.451 e. The van der Waals surface area contributed by atoms with Crippen LogP contribution >= 0.6 is 0 Å². The molecule has 4 heterocycles. The van der Waals surface area contributed by atoms with E-state index >= 15 is 0 Å². The lowest BCUT2D eigenvalue weighted by Crippen LogP contribution is -2.45. The average Bonchev–Trinajstić information content (AvgIpc) is 3.44. The topological polar surface area (TPSA) is 96.4 Å². The van der Waals surface area contributed by atoms with Gasteiger partial charge in [0, 0.05) is 37.1 Å². The normalized spacial score (nSPS) is 21.0. The first kappa shape index (κ1) is 28.5. The highest BCUT2D eigenvalue weighted by molar-refractivity contribution is 5.79. The van der Waals surface area contributed by atoms with Crippen LogP contribution in [0.1, 0.15) is 66.7 Å². The number of benzene rings is 1. The fourth-order valence-electron chi connectivity index (χ4n) is 7.04. The maximum absolute atomic E-state index is 13.6. The number of carbonyl (C=O) groups excluding carboxylic acids is 1. The molecule has 9 nitrogen and oxygen atoms in total. The molecule has 1 aromatic carbocycles. The number of halogens is 1. The van der Waals surface area contributed by atoms with Crippen LogP contribution in [0.3, 0.4) is 0 Å². The van der Waals surface area contributed by atoms with Gasteiger partial charge < -0.3 is 19.9 Å². The monoisotopic (exact) mass is 573 g/mol. The quantitative estimate of drug-likeness (QED) is 0.346. The summed E-state index contributed by atoms with van der Waals surface area (Å²) in [5, 5.41) is 3.60. The molecule has 6 rings (SSSR count). The van der Waals surface area contributed by atoms with E-state index in [0.29, 0.717) is 41.0 Å². The summed E-state index contributed by atoms with van der Waals surface area (Å²) < 4.78 is 19.6. The lowest BCUT2D eigenvalue weighted by Gasteiger charge is -2.46. The van der Waals surface area contributed by atoms with Gasteiger partial charge in [-0.15, -0.1) is 0 Å². The average molecular weight is 574 g/mol. The van der Waals surface area contributed by atoms with Gasteiger partial charge in [0.1, 0.15) is 17.9 Å². The molecule has 2 saturated heterocycles. The van der Waals surface area contributed by atoms with Crippen molar-refractivity contribution in [1.29, 1.82) is 0 Å². The number of aldehydes is 1. The number of aryl methyl sites for hydroxylation is 2. The van der Waals surface area contributed by atoms with Gasteiger partial charge in [-0.05, 0) is 107 Å². The lowest BCUT2D eigenvalue weighted by molar-refractivity contribution is 0.0583. The van der Waals surface area contributed by atoms with Gasteiger partial charge in [-0.2, -0.15) is 0 Å². The molecule has 2 aromatic heterocycles. The van der Waals surface area contributed by atoms with Crippen molar-refractivity contribution in [1.82, 2.24) is 24.8 Å². The summed E-state index contributed by atoms with van der Waals surface area (Å²) in [6, 6.07) is 6.40. The first-order valence-corrected chi connectivity index (χ1v) is 15.2. The molecule has 2 aliphatic heterocycles. The van der Waals surface area contributed by atoms with E-state index in [9.17, 15) is 9.18 Å². The molecule has 1 aliphatic carbocycles. The first-order valence-electron chi connectivity index (χ1n) is 15.2. The van der Waals surface area contributed by atoms with E-state index in [4.69, 9.17) is 4.74 Å². The van der Waals surface area contributed by atoms with Gasteiger partial charge >= 0.3 is 0 Å². The number of piperidine rings is 1. The summed E-state index contributed by atoms with van der Waals surface area (Å²) in [6.45, 7) is 9.25. The largest absolute Gasteiger partial charge is 0.451 e. The predicted octanol–water partition coefficient (Wildman–Crippen LogP) is 5.59. The lowest BCUT2D eigenvalue weighted by atomic mass is 9.67. The Bertz CT molecular complexity index is 1380. The molecule has 10 heteroatoms. The zero-order valence-corrected chi connectivity index (χ0v) is 24.6. The minimum atomic E-state index is -0.479. The SMILES string of the molecule is Cc1cc(C)nc(NC2CCC3(CC2)CCN(CC2CCN(c4ncncc4Oc4ccc(F)cc4C=O)C2)CC3)n1. The van der Waals surface area contributed by atoms with Crippen LogP contribution in [0.5, 0.6) is 11.5 Å². The van der Waals surface area contributed by atoms with E-state index in [0.717, 1.165) is 56.5 Å². The molecule has 3 fully saturated rings. The number of rotatable bonds is 8. The van der Waals surface area contributed by atoms with Crippen LogP contribution in [0.25, 0.3) is 0 Å². The van der Waals surface area contributed by atoms with Gasteiger partial charge in [-0.25, -0.2) is 24.3 Å². The number of anilines is 2. The van der Waals surface area contributed by atoms with Crippen molar-refractivity contribution in [3.8, 4) is 11.5 Å². The summed E-state index contributed by atoms with van der Waals surface area (Å²) in [7, 11) is 0. The van der Waals surface area contributed by atoms with Crippen LogP contribution in [-0.2, 0) is 0 Å².